The zero-order valence-corrected chi connectivity index (χ0v) is 12.2. The summed E-state index contributed by atoms with van der Waals surface area (Å²) in [4.78, 5) is 27.1. The highest BCUT2D eigenvalue weighted by Gasteiger charge is 2.38. The van der Waals surface area contributed by atoms with Crippen molar-refractivity contribution in [3.8, 4) is 0 Å². The number of amides is 2. The summed E-state index contributed by atoms with van der Waals surface area (Å²) in [7, 11) is 0. The summed E-state index contributed by atoms with van der Waals surface area (Å²) in [5, 5.41) is 2.77. The molecule has 4 nitrogen and oxygen atoms in total. The van der Waals surface area contributed by atoms with E-state index in [4.69, 9.17) is 0 Å². The van der Waals surface area contributed by atoms with Crippen LogP contribution in [0.25, 0.3) is 0 Å². The van der Waals surface area contributed by atoms with E-state index in [1.54, 1.807) is 23.6 Å². The van der Waals surface area contributed by atoms with E-state index in [-0.39, 0.29) is 11.8 Å². The second-order valence-corrected chi connectivity index (χ2v) is 5.37. The Hall–Kier alpha value is -1.49. The van der Waals surface area contributed by atoms with E-state index in [2.05, 4.69) is 5.32 Å². The number of para-hydroxylation sites is 1. The van der Waals surface area contributed by atoms with E-state index in [0.29, 0.717) is 6.42 Å². The van der Waals surface area contributed by atoms with E-state index in [0.717, 1.165) is 10.6 Å². The van der Waals surface area contributed by atoms with Crippen LogP contribution in [0.15, 0.2) is 29.2 Å². The third kappa shape index (κ3) is 2.47. The number of hydrogen-bond acceptors (Lipinski definition) is 3. The molecule has 2 unspecified atom stereocenters. The van der Waals surface area contributed by atoms with Gasteiger partial charge in [0.05, 0.1) is 5.69 Å². The van der Waals surface area contributed by atoms with Gasteiger partial charge in [0.1, 0.15) is 12.1 Å². The predicted molar refractivity (Wildman–Crippen MR) is 77.4 cm³/mol. The number of carbonyl (C=O) groups excluding carboxylic acids is 2. The first-order valence-electron chi connectivity index (χ1n) is 6.36. The van der Waals surface area contributed by atoms with Gasteiger partial charge in [-0.25, -0.2) is 0 Å². The van der Waals surface area contributed by atoms with Crippen molar-refractivity contribution in [3.05, 3.63) is 24.3 Å². The minimum Gasteiger partial charge on any atom is -0.343 e. The highest BCUT2D eigenvalue weighted by Crippen LogP contribution is 2.31. The van der Waals surface area contributed by atoms with Gasteiger partial charge in [-0.3, -0.25) is 14.5 Å². The Labute approximate surface area is 117 Å². The van der Waals surface area contributed by atoms with E-state index in [1.807, 2.05) is 37.4 Å². The Morgan fingerprint density at radius 3 is 2.63 bits per heavy atom. The summed E-state index contributed by atoms with van der Waals surface area (Å²) >= 11 is 1.58. The Balaban J connectivity index is 2.45. The van der Waals surface area contributed by atoms with Crippen molar-refractivity contribution >= 4 is 29.3 Å². The number of benzene rings is 1. The summed E-state index contributed by atoms with van der Waals surface area (Å²) in [6, 6.07) is 6.80. The summed E-state index contributed by atoms with van der Waals surface area (Å²) in [5.41, 5.74) is 0.820. The topological polar surface area (TPSA) is 49.4 Å². The second-order valence-electron chi connectivity index (χ2n) is 4.53. The van der Waals surface area contributed by atoms with Crippen LogP contribution >= 0.6 is 11.8 Å². The lowest BCUT2D eigenvalue weighted by Gasteiger charge is -2.37. The van der Waals surface area contributed by atoms with Crippen LogP contribution in [0, 0.1) is 0 Å². The van der Waals surface area contributed by atoms with Gasteiger partial charge >= 0.3 is 0 Å². The molecule has 0 saturated carbocycles. The Morgan fingerprint density at radius 2 is 2.00 bits per heavy atom. The van der Waals surface area contributed by atoms with Gasteiger partial charge < -0.3 is 5.32 Å². The van der Waals surface area contributed by atoms with Crippen molar-refractivity contribution in [2.45, 2.75) is 37.2 Å². The van der Waals surface area contributed by atoms with Gasteiger partial charge in [0.25, 0.3) is 0 Å². The number of nitrogens with one attached hydrogen (secondary N) is 1. The maximum Gasteiger partial charge on any atom is 0.250 e. The largest absolute Gasteiger partial charge is 0.343 e. The number of rotatable bonds is 3. The maximum absolute atomic E-state index is 12.5. The molecule has 5 heteroatoms. The van der Waals surface area contributed by atoms with E-state index in [9.17, 15) is 9.59 Å². The molecular weight excluding hydrogens is 260 g/mol. The number of anilines is 1. The number of piperazine rings is 1. The minimum atomic E-state index is -0.469. The van der Waals surface area contributed by atoms with Gasteiger partial charge in [-0.05, 0) is 31.7 Å². The third-order valence-corrected chi connectivity index (χ3v) is 4.16. The first-order chi connectivity index (χ1) is 9.10. The maximum atomic E-state index is 12.5. The zero-order valence-electron chi connectivity index (χ0n) is 11.3. The van der Waals surface area contributed by atoms with Crippen molar-refractivity contribution in [2.75, 3.05) is 11.2 Å². The number of carbonyl (C=O) groups is 2. The molecule has 0 spiro atoms. The van der Waals surface area contributed by atoms with Crippen LogP contribution in [0.2, 0.25) is 0 Å². The average Bonchev–Trinajstić information content (AvgIpc) is 2.43. The van der Waals surface area contributed by atoms with Gasteiger partial charge in [-0.15, -0.1) is 11.8 Å². The molecule has 1 aliphatic heterocycles. The smallest absolute Gasteiger partial charge is 0.250 e. The predicted octanol–water partition coefficient (Wildman–Crippen LogP) is 2.04. The minimum absolute atomic E-state index is 0.0314. The van der Waals surface area contributed by atoms with Crippen molar-refractivity contribution < 1.29 is 9.59 Å². The van der Waals surface area contributed by atoms with Crippen molar-refractivity contribution in [1.29, 1.82) is 0 Å². The van der Waals surface area contributed by atoms with Gasteiger partial charge in [-0.2, -0.15) is 0 Å². The molecule has 1 aromatic rings. The van der Waals surface area contributed by atoms with Gasteiger partial charge in [0.2, 0.25) is 11.8 Å². The summed E-state index contributed by atoms with van der Waals surface area (Å²) in [5.74, 6) is -0.126. The summed E-state index contributed by atoms with van der Waals surface area (Å²) < 4.78 is 0. The van der Waals surface area contributed by atoms with Crippen LogP contribution in [0.3, 0.4) is 0 Å². The van der Waals surface area contributed by atoms with Gasteiger partial charge in [0.15, 0.2) is 0 Å². The molecule has 1 aromatic carbocycles. The fraction of sp³-hybridized carbons (Fsp3) is 0.429. The lowest BCUT2D eigenvalue weighted by molar-refractivity contribution is -0.133. The van der Waals surface area contributed by atoms with Crippen LogP contribution < -0.4 is 10.2 Å². The second kappa shape index (κ2) is 5.65. The molecule has 2 rings (SSSR count). The Morgan fingerprint density at radius 1 is 1.32 bits per heavy atom. The molecule has 0 aliphatic carbocycles. The Kier molecular flexibility index (Phi) is 4.14. The first kappa shape index (κ1) is 13.9. The fourth-order valence-electron chi connectivity index (χ4n) is 2.26. The quantitative estimate of drug-likeness (QED) is 0.861. The summed E-state index contributed by atoms with van der Waals surface area (Å²) in [6.45, 7) is 3.66. The molecule has 0 aromatic heterocycles. The third-order valence-electron chi connectivity index (χ3n) is 3.37. The van der Waals surface area contributed by atoms with Crippen LogP contribution in [0.5, 0.6) is 0 Å². The normalized spacial score (nSPS) is 23.4. The highest BCUT2D eigenvalue weighted by molar-refractivity contribution is 7.98. The molecule has 1 N–H and O–H groups in total. The number of hydrogen-bond donors (Lipinski definition) is 1. The molecule has 1 fully saturated rings. The van der Waals surface area contributed by atoms with Crippen molar-refractivity contribution in [1.82, 2.24) is 5.32 Å². The lowest BCUT2D eigenvalue weighted by Crippen LogP contribution is -2.62. The van der Waals surface area contributed by atoms with E-state index >= 15 is 0 Å². The SMILES string of the molecule is CCC1NC(=O)C(C)N(c2ccccc2SC)C1=O. The average molecular weight is 278 g/mol. The van der Waals surface area contributed by atoms with Crippen LogP contribution in [0.1, 0.15) is 20.3 Å². The molecule has 1 saturated heterocycles. The monoisotopic (exact) mass is 278 g/mol. The molecular formula is C14H18N2O2S. The summed E-state index contributed by atoms with van der Waals surface area (Å²) in [6.07, 6.45) is 2.57. The molecule has 19 heavy (non-hydrogen) atoms. The van der Waals surface area contributed by atoms with Crippen molar-refractivity contribution in [3.63, 3.8) is 0 Å². The van der Waals surface area contributed by atoms with Crippen molar-refractivity contribution in [2.24, 2.45) is 0 Å². The fourth-order valence-corrected chi connectivity index (χ4v) is 2.85. The van der Waals surface area contributed by atoms with Crippen LogP contribution in [-0.4, -0.2) is 30.2 Å². The van der Waals surface area contributed by atoms with Crippen LogP contribution in [0.4, 0.5) is 5.69 Å². The first-order valence-corrected chi connectivity index (χ1v) is 7.59. The molecule has 1 aliphatic rings. The molecule has 1 heterocycles. The van der Waals surface area contributed by atoms with E-state index in [1.165, 1.54) is 0 Å². The van der Waals surface area contributed by atoms with Gasteiger partial charge in [-0.1, -0.05) is 19.1 Å². The molecule has 0 radical (unpaired) electrons. The molecule has 0 bridgehead atoms. The molecule has 2 atom stereocenters. The standard InChI is InChI=1S/C14H18N2O2S/c1-4-10-14(18)16(9(2)13(17)15-10)11-7-5-6-8-12(11)19-3/h5-10H,4H2,1-3H3,(H,15,17). The Bertz CT molecular complexity index is 504. The number of thioether (sulfide) groups is 1. The highest BCUT2D eigenvalue weighted by atomic mass is 32.2. The van der Waals surface area contributed by atoms with E-state index < -0.39 is 12.1 Å². The number of nitrogens with zero attached hydrogens (tertiary/aromatic N) is 1. The zero-order chi connectivity index (χ0) is 14.0. The lowest BCUT2D eigenvalue weighted by atomic mass is 10.1. The van der Waals surface area contributed by atoms with Gasteiger partial charge in [0, 0.05) is 4.90 Å². The molecule has 2 amide bonds. The van der Waals surface area contributed by atoms with Crippen LogP contribution in [-0.2, 0) is 9.59 Å². The molecule has 102 valence electrons.